The van der Waals surface area contributed by atoms with Crippen LogP contribution in [0.5, 0.6) is 0 Å². The Bertz CT molecular complexity index is 62.2. The van der Waals surface area contributed by atoms with Crippen LogP contribution >= 0.6 is 7.82 Å². The molecule has 0 heterocycles. The van der Waals surface area contributed by atoms with Gasteiger partial charge in [0, 0.05) is 0 Å². The van der Waals surface area contributed by atoms with Gasteiger partial charge in [0.05, 0.1) is 0 Å². The molecule has 0 aromatic rings. The fraction of sp³-hybridized carbons (Fsp3) is 0. The van der Waals surface area contributed by atoms with Gasteiger partial charge >= 0.3 is 18.5 Å². The van der Waals surface area contributed by atoms with Crippen LogP contribution in [0.25, 0.3) is 0 Å². The summed E-state index contributed by atoms with van der Waals surface area (Å²) in [7, 11) is -5.39. The maximum absolute atomic E-state index is 8.55. The third kappa shape index (κ3) is 399. The quantitative estimate of drug-likeness (QED) is 0.323. The molecule has 0 aliphatic rings. The van der Waals surface area contributed by atoms with Crippen LogP contribution in [0.4, 0.5) is 0 Å². The first-order chi connectivity index (χ1) is 2.00. The number of quaternary nitrogens is 1. The Labute approximate surface area is 52.5 Å². The first-order valence-corrected chi connectivity index (χ1v) is 2.19. The molecule has 4 N–H and O–H groups in total. The zero-order valence-electron chi connectivity index (χ0n) is 4.43. The summed E-state index contributed by atoms with van der Waals surface area (Å²) in [6, 6.07) is 0. The van der Waals surface area contributed by atoms with Crippen LogP contribution in [0.1, 0.15) is 1.43 Å². The first kappa shape index (κ1) is 15.6. The molecule has 0 atom stereocenters. The summed E-state index contributed by atoms with van der Waals surface area (Å²) in [4.78, 5) is 25.6. The average molecular weight is 170 g/mol. The fourth-order valence-electron chi connectivity index (χ4n) is 0. The molecule has 0 unspecified atom stereocenters. The summed E-state index contributed by atoms with van der Waals surface area (Å²) in [5.41, 5.74) is 0. The van der Waals surface area contributed by atoms with Crippen molar-refractivity contribution in [3.63, 3.8) is 0 Å². The van der Waals surface area contributed by atoms with Gasteiger partial charge in [0.15, 0.2) is 0 Å². The van der Waals surface area contributed by atoms with E-state index >= 15 is 0 Å². The number of hydrogen-bond acceptors (Lipinski definition) is 4. The molecule has 5 nitrogen and oxygen atoms in total. The van der Waals surface area contributed by atoms with Crippen molar-refractivity contribution in [1.29, 1.82) is 0 Å². The third-order valence-electron chi connectivity index (χ3n) is 0. The zero-order chi connectivity index (χ0) is 4.50. The Kier molecular flexibility index (Phi) is 10.6. The van der Waals surface area contributed by atoms with Gasteiger partial charge in [-0.25, -0.2) is 0 Å². The van der Waals surface area contributed by atoms with Crippen molar-refractivity contribution < 1.29 is 37.7 Å². The molecular weight excluding hydrogens is 165 g/mol. The minimum Gasteiger partial charge on any atom is -0.822 e. The van der Waals surface area contributed by atoms with Crippen molar-refractivity contribution >= 4 is 7.82 Å². The van der Waals surface area contributed by atoms with Crippen LogP contribution in [0.3, 0.4) is 0 Å². The molecule has 0 bridgehead atoms. The van der Waals surface area contributed by atoms with Crippen molar-refractivity contribution in [1.82, 2.24) is 6.15 Å². The van der Waals surface area contributed by atoms with Gasteiger partial charge in [0.25, 0.3) is 0 Å². The maximum Gasteiger partial charge on any atom is 2.00 e. The first-order valence-electron chi connectivity index (χ1n) is 0.730. The van der Waals surface area contributed by atoms with E-state index in [-0.39, 0.29) is 24.6 Å². The Balaban J connectivity index is -0.0000000267. The van der Waals surface area contributed by atoms with Gasteiger partial charge in [-0.2, -0.15) is 7.82 Å². The molecule has 7 heteroatoms. The molecule has 0 fully saturated rings. The molecule has 7 heavy (non-hydrogen) atoms. The monoisotopic (exact) mass is 170 g/mol. The fourth-order valence-corrected chi connectivity index (χ4v) is 0. The largest absolute Gasteiger partial charge is 2.00 e. The Morgan fingerprint density at radius 1 is 1.29 bits per heavy atom. The standard InChI is InChI=1S/Fe.H3N.H3O4P/c;;1-5(2,3)4/h;1H3;(H3,1,2,3,4)/q+2;;/p-1. The molecule has 0 aliphatic heterocycles. The predicted octanol–water partition coefficient (Wildman–Crippen LogP) is -2.34. The van der Waals surface area contributed by atoms with Crippen LogP contribution in [0, 0.1) is 0 Å². The van der Waals surface area contributed by atoms with E-state index in [0.717, 1.165) is 0 Å². The van der Waals surface area contributed by atoms with E-state index in [9.17, 15) is 0 Å². The molecule has 0 aromatic heterocycles. The van der Waals surface area contributed by atoms with Crippen LogP contribution in [-0.2, 0) is 21.6 Å². The van der Waals surface area contributed by atoms with Gasteiger partial charge in [-0.15, -0.1) is 0 Å². The second-order valence-corrected chi connectivity index (χ2v) is 1.34. The molecule has 46 valence electrons. The summed E-state index contributed by atoms with van der Waals surface area (Å²) in [6.07, 6.45) is 0. The zero-order valence-corrected chi connectivity index (χ0v) is 5.43. The predicted molar refractivity (Wildman–Crippen MR) is 14.7 cm³/mol. The molecule has 0 radical (unpaired) electrons. The normalized spacial score (nSPS) is 8.43. The Morgan fingerprint density at radius 3 is 1.29 bits per heavy atom. The minimum absolute atomic E-state index is 0. The Morgan fingerprint density at radius 2 is 1.29 bits per heavy atom. The van der Waals surface area contributed by atoms with Gasteiger partial charge in [-0.3, -0.25) is 0 Å². The van der Waals surface area contributed by atoms with E-state index in [0.29, 0.717) is 0 Å². The number of rotatable bonds is 0. The smallest absolute Gasteiger partial charge is 0.822 e. The molecule has 0 rings (SSSR count). The van der Waals surface area contributed by atoms with Crippen LogP contribution in [0.15, 0.2) is 0 Å². The molecule has 0 aromatic carbocycles. The van der Waals surface area contributed by atoms with E-state index in [2.05, 4.69) is 0 Å². The summed E-state index contributed by atoms with van der Waals surface area (Å²) in [5.74, 6) is 0. The van der Waals surface area contributed by atoms with Crippen molar-refractivity contribution in [3.8, 4) is 0 Å². The summed E-state index contributed by atoms with van der Waals surface area (Å²) >= 11 is 0. The van der Waals surface area contributed by atoms with E-state index < -0.39 is 7.82 Å². The summed E-state index contributed by atoms with van der Waals surface area (Å²) in [5, 5.41) is 0. The van der Waals surface area contributed by atoms with Gasteiger partial charge in [-0.05, 0) is 0 Å². The number of phosphoric acid groups is 1. The third-order valence-corrected chi connectivity index (χ3v) is 0. The van der Waals surface area contributed by atoms with Crippen molar-refractivity contribution in [2.24, 2.45) is 0 Å². The molecule has 0 amide bonds. The second kappa shape index (κ2) is 4.74. The molecule has 0 spiro atoms. The molecule has 0 aliphatic carbocycles. The maximum atomic E-state index is 8.55. The summed E-state index contributed by atoms with van der Waals surface area (Å²) < 4.78 is 8.55. The van der Waals surface area contributed by atoms with Gasteiger partial charge in [0.2, 0.25) is 0 Å². The average Bonchev–Trinajstić information content (AvgIpc) is 0.722. The van der Waals surface area contributed by atoms with E-state index in [1.165, 1.54) is 0 Å². The van der Waals surface area contributed by atoms with E-state index in [1.807, 2.05) is 0 Å². The van der Waals surface area contributed by atoms with Gasteiger partial charge in [-0.1, -0.05) is 0 Å². The molecular formula is H5FeNO4P+. The van der Waals surface area contributed by atoms with Crippen molar-refractivity contribution in [2.75, 3.05) is 0 Å². The molecule has 0 saturated heterocycles. The topological polar surface area (TPSA) is 123 Å². The summed E-state index contributed by atoms with van der Waals surface area (Å²) in [6.45, 7) is 0. The Hall–Kier alpha value is 0.589. The van der Waals surface area contributed by atoms with E-state index in [1.54, 1.807) is 0 Å². The SMILES string of the molecule is O=P([O-])([O-])[O-].[Fe+2].[H+].[NH4+]. The second-order valence-electron chi connectivity index (χ2n) is 0.447. The number of hydrogen-bond donors (Lipinski definition) is 1. The van der Waals surface area contributed by atoms with Gasteiger partial charge < -0.3 is 25.4 Å². The van der Waals surface area contributed by atoms with Crippen LogP contribution in [0.2, 0.25) is 0 Å². The minimum atomic E-state index is -5.39. The van der Waals surface area contributed by atoms with Crippen LogP contribution in [-0.4, -0.2) is 0 Å². The van der Waals surface area contributed by atoms with Crippen LogP contribution < -0.4 is 20.8 Å². The van der Waals surface area contributed by atoms with Crippen molar-refractivity contribution in [2.45, 2.75) is 0 Å². The van der Waals surface area contributed by atoms with Crippen molar-refractivity contribution in [3.05, 3.63) is 0 Å². The van der Waals surface area contributed by atoms with E-state index in [4.69, 9.17) is 19.2 Å². The van der Waals surface area contributed by atoms with Gasteiger partial charge in [0.1, 0.15) is 0 Å². The molecule has 0 saturated carbocycles.